The number of ketones is 2. The minimum absolute atomic E-state index is 0.00634. The van der Waals surface area contributed by atoms with Crippen molar-refractivity contribution < 1.29 is 29.3 Å². The standard InChI is InChI=1S/C33H37NO6S/c1-31-10-9-22(36)13-20(31)5-8-24-25-14-28-33(27(38)16-35,32(25,2)15-26(37)29(24)31)40-30(39-28)19-12-23(41-17-19)11-18-3-6-21(34)7-4-18/h3-4,6-7,9-10,12-13,17,24-26,28-30,35,37H,5,8,11,14-16,34H2,1-2H3/t24-,25-,26-,28+,29+,30+,31-,32-,33+/m0/s1. The number of ether oxygens (including phenoxy) is 2. The number of hydrogen-bond donors (Lipinski definition) is 3. The number of benzene rings is 1. The highest BCUT2D eigenvalue weighted by Gasteiger charge is 2.75. The third kappa shape index (κ3) is 3.84. The van der Waals surface area contributed by atoms with Crippen molar-refractivity contribution in [2.75, 3.05) is 12.3 Å². The molecule has 0 spiro atoms. The Bertz CT molecular complexity index is 1460. The van der Waals surface area contributed by atoms with Gasteiger partial charge >= 0.3 is 0 Å². The third-order valence-electron chi connectivity index (χ3n) is 11.1. The summed E-state index contributed by atoms with van der Waals surface area (Å²) in [6.07, 6.45) is 6.82. The SMILES string of the molecule is C[C@]12C=CC(=O)C=C1CC[C@@H]1[C@@H]2[C@@H](O)C[C@@]2(C)[C@H]1C[C@H]1O[C@@H](c3csc(Cc4ccc(N)cc4)c3)O[C@]12C(=O)CO. The molecule has 7 rings (SSSR count). The Balaban J connectivity index is 1.19. The number of rotatable bonds is 5. The summed E-state index contributed by atoms with van der Waals surface area (Å²) in [4.78, 5) is 27.0. The normalized spacial score (nSPS) is 40.9. The average Bonchev–Trinajstić information content (AvgIpc) is 3.62. The van der Waals surface area contributed by atoms with Gasteiger partial charge in [0.2, 0.25) is 0 Å². The molecule has 5 aliphatic rings. The molecule has 4 fully saturated rings. The number of nitrogen functional groups attached to an aromatic ring is 1. The van der Waals surface area contributed by atoms with Crippen molar-refractivity contribution in [3.05, 3.63) is 75.5 Å². The van der Waals surface area contributed by atoms with E-state index in [4.69, 9.17) is 15.2 Å². The summed E-state index contributed by atoms with van der Waals surface area (Å²) in [5.74, 6) is -0.217. The van der Waals surface area contributed by atoms with Crippen molar-refractivity contribution >= 4 is 28.6 Å². The van der Waals surface area contributed by atoms with Crippen LogP contribution < -0.4 is 5.73 Å². The summed E-state index contributed by atoms with van der Waals surface area (Å²) in [5, 5.41) is 24.0. The number of carbonyl (C=O) groups is 2. The van der Waals surface area contributed by atoms with E-state index in [2.05, 4.69) is 19.9 Å². The molecule has 1 aliphatic heterocycles. The molecule has 4 N–H and O–H groups in total. The topological polar surface area (TPSA) is 119 Å². The van der Waals surface area contributed by atoms with Gasteiger partial charge in [0.15, 0.2) is 23.5 Å². The Labute approximate surface area is 244 Å². The molecule has 3 saturated carbocycles. The highest BCUT2D eigenvalue weighted by molar-refractivity contribution is 7.10. The molecule has 4 aliphatic carbocycles. The average molecular weight is 576 g/mol. The fourth-order valence-electron chi connectivity index (χ4n) is 9.28. The van der Waals surface area contributed by atoms with Gasteiger partial charge in [-0.1, -0.05) is 37.6 Å². The lowest BCUT2D eigenvalue weighted by atomic mass is 9.46. The van der Waals surface area contributed by atoms with E-state index >= 15 is 0 Å². The van der Waals surface area contributed by atoms with E-state index in [1.807, 2.05) is 35.7 Å². The fraction of sp³-hybridized carbons (Fsp3) is 0.515. The molecule has 8 heteroatoms. The van der Waals surface area contributed by atoms with Crippen LogP contribution in [0.15, 0.2) is 59.5 Å². The third-order valence-corrected chi connectivity index (χ3v) is 12.1. The molecule has 9 atom stereocenters. The molecule has 0 amide bonds. The lowest BCUT2D eigenvalue weighted by Gasteiger charge is -2.59. The van der Waals surface area contributed by atoms with Crippen LogP contribution in [-0.2, 0) is 25.5 Å². The van der Waals surface area contributed by atoms with E-state index in [0.29, 0.717) is 12.8 Å². The number of hydrogen-bond acceptors (Lipinski definition) is 8. The van der Waals surface area contributed by atoms with Crippen LogP contribution in [0.3, 0.4) is 0 Å². The number of thiophene rings is 1. The Hall–Kier alpha value is -2.62. The van der Waals surface area contributed by atoms with Gasteiger partial charge in [-0.05, 0) is 78.8 Å². The van der Waals surface area contributed by atoms with E-state index in [1.165, 1.54) is 0 Å². The summed E-state index contributed by atoms with van der Waals surface area (Å²) in [6.45, 7) is 3.56. The van der Waals surface area contributed by atoms with Crippen LogP contribution in [0.1, 0.15) is 61.8 Å². The molecule has 1 saturated heterocycles. The van der Waals surface area contributed by atoms with Crippen molar-refractivity contribution in [3.8, 4) is 0 Å². The largest absolute Gasteiger partial charge is 0.399 e. The smallest absolute Gasteiger partial charge is 0.193 e. The van der Waals surface area contributed by atoms with Crippen LogP contribution >= 0.6 is 11.3 Å². The molecule has 2 heterocycles. The van der Waals surface area contributed by atoms with Crippen LogP contribution in [0, 0.1) is 28.6 Å². The molecule has 7 nitrogen and oxygen atoms in total. The van der Waals surface area contributed by atoms with Crippen molar-refractivity contribution in [1.82, 2.24) is 0 Å². The maximum Gasteiger partial charge on any atom is 0.193 e. The van der Waals surface area contributed by atoms with Gasteiger partial charge in [-0.15, -0.1) is 11.3 Å². The van der Waals surface area contributed by atoms with Gasteiger partial charge in [-0.25, -0.2) is 0 Å². The van der Waals surface area contributed by atoms with Crippen LogP contribution in [0.2, 0.25) is 0 Å². The molecule has 0 radical (unpaired) electrons. The molecule has 41 heavy (non-hydrogen) atoms. The van der Waals surface area contributed by atoms with Gasteiger partial charge in [0.1, 0.15) is 6.61 Å². The molecule has 1 aromatic carbocycles. The zero-order valence-electron chi connectivity index (χ0n) is 23.4. The molecule has 2 aromatic rings. The summed E-state index contributed by atoms with van der Waals surface area (Å²) in [6, 6.07) is 9.90. The van der Waals surface area contributed by atoms with E-state index in [9.17, 15) is 19.8 Å². The first kappa shape index (κ1) is 27.2. The Kier molecular flexibility index (Phi) is 6.27. The predicted molar refractivity (Wildman–Crippen MR) is 155 cm³/mol. The van der Waals surface area contributed by atoms with E-state index in [-0.39, 0.29) is 29.3 Å². The Morgan fingerprint density at radius 1 is 1.22 bits per heavy atom. The molecule has 0 unspecified atom stereocenters. The van der Waals surface area contributed by atoms with Gasteiger partial charge in [0.05, 0.1) is 12.2 Å². The second kappa shape index (κ2) is 9.44. The van der Waals surface area contributed by atoms with Crippen LogP contribution in [0.4, 0.5) is 5.69 Å². The minimum atomic E-state index is -1.34. The number of Topliss-reactive ketones (excluding diaryl/α,β-unsaturated/α-hetero) is 1. The second-order valence-electron chi connectivity index (χ2n) is 13.1. The van der Waals surface area contributed by atoms with Gasteiger partial charge in [0, 0.05) is 39.3 Å². The first-order chi connectivity index (χ1) is 19.6. The Morgan fingerprint density at radius 2 is 2.00 bits per heavy atom. The van der Waals surface area contributed by atoms with E-state index in [0.717, 1.165) is 46.5 Å². The van der Waals surface area contributed by atoms with Gasteiger partial charge in [-0.2, -0.15) is 0 Å². The molecular weight excluding hydrogens is 538 g/mol. The van der Waals surface area contributed by atoms with Crippen LogP contribution in [-0.4, -0.2) is 46.2 Å². The lowest BCUT2D eigenvalue weighted by molar-refractivity contribution is -0.201. The molecule has 1 aromatic heterocycles. The maximum absolute atomic E-state index is 13.7. The number of fused-ring (bicyclic) bond motifs is 7. The van der Waals surface area contributed by atoms with Crippen molar-refractivity contribution in [2.24, 2.45) is 28.6 Å². The summed E-state index contributed by atoms with van der Waals surface area (Å²) >= 11 is 1.62. The van der Waals surface area contributed by atoms with Crippen LogP contribution in [0.25, 0.3) is 0 Å². The lowest BCUT2D eigenvalue weighted by Crippen LogP contribution is -2.63. The van der Waals surface area contributed by atoms with Crippen LogP contribution in [0.5, 0.6) is 0 Å². The van der Waals surface area contributed by atoms with E-state index in [1.54, 1.807) is 23.5 Å². The number of aliphatic hydroxyl groups is 2. The number of allylic oxidation sites excluding steroid dienone is 4. The van der Waals surface area contributed by atoms with Crippen molar-refractivity contribution in [2.45, 2.75) is 70.1 Å². The van der Waals surface area contributed by atoms with Gasteiger partial charge in [-0.3, -0.25) is 9.59 Å². The minimum Gasteiger partial charge on any atom is -0.399 e. The van der Waals surface area contributed by atoms with Gasteiger partial charge < -0.3 is 25.4 Å². The molecular formula is C33H37NO6S. The molecule has 0 bridgehead atoms. The Morgan fingerprint density at radius 3 is 2.76 bits per heavy atom. The first-order valence-corrected chi connectivity index (χ1v) is 15.5. The maximum atomic E-state index is 13.7. The van der Waals surface area contributed by atoms with Crippen molar-refractivity contribution in [3.63, 3.8) is 0 Å². The monoisotopic (exact) mass is 575 g/mol. The zero-order chi connectivity index (χ0) is 28.7. The molecule has 216 valence electrons. The summed E-state index contributed by atoms with van der Waals surface area (Å²) in [5.41, 5.74) is 7.24. The summed E-state index contributed by atoms with van der Waals surface area (Å²) < 4.78 is 13.3. The highest BCUT2D eigenvalue weighted by atomic mass is 32.1. The summed E-state index contributed by atoms with van der Waals surface area (Å²) in [7, 11) is 0. The number of carbonyl (C=O) groups excluding carboxylic acids is 2. The number of nitrogens with two attached hydrogens (primary N) is 1. The second-order valence-corrected chi connectivity index (χ2v) is 14.1. The zero-order valence-corrected chi connectivity index (χ0v) is 24.2. The van der Waals surface area contributed by atoms with E-state index < -0.39 is 41.5 Å². The quantitative estimate of drug-likeness (QED) is 0.449. The predicted octanol–water partition coefficient (Wildman–Crippen LogP) is 4.52. The highest BCUT2D eigenvalue weighted by Crippen LogP contribution is 2.70. The number of aliphatic hydroxyl groups excluding tert-OH is 2. The number of anilines is 1. The van der Waals surface area contributed by atoms with Gasteiger partial charge in [0.25, 0.3) is 0 Å². The first-order valence-electron chi connectivity index (χ1n) is 14.6. The van der Waals surface area contributed by atoms with Crippen molar-refractivity contribution in [1.29, 1.82) is 0 Å². The fourth-order valence-corrected chi connectivity index (χ4v) is 10.2.